The molecule has 1 amide bonds. The molecule has 2 aromatic carbocycles. The Labute approximate surface area is 177 Å². The Balaban J connectivity index is 1.95. The number of aromatic hydroxyl groups is 1. The van der Waals surface area contributed by atoms with E-state index in [-0.39, 0.29) is 18.3 Å². The third-order valence-corrected chi connectivity index (χ3v) is 5.72. The topological polar surface area (TPSA) is 64.0 Å². The fourth-order valence-corrected chi connectivity index (χ4v) is 4.06. The molecule has 0 bridgehead atoms. The summed E-state index contributed by atoms with van der Waals surface area (Å²) >= 11 is 0. The molecule has 0 saturated heterocycles. The standard InChI is InChI=1S/C24H31FN2O3/c1-18(29)27-13-6-4-2-3-5-12-26(16-21-8-7-9-22(25)24(21)30)15-20-11-10-19(17-28)14-23(20)27/h7-11,14,28,30H,2-6,12-13,15-17H2,1H3. The van der Waals surface area contributed by atoms with Crippen molar-refractivity contribution in [1.82, 2.24) is 4.90 Å². The molecular formula is C24H31FN2O3. The van der Waals surface area contributed by atoms with Crippen LogP contribution in [-0.4, -0.2) is 34.1 Å². The third-order valence-electron chi connectivity index (χ3n) is 5.72. The molecule has 162 valence electrons. The maximum absolute atomic E-state index is 13.8. The lowest BCUT2D eigenvalue weighted by molar-refractivity contribution is -0.116. The molecule has 5 nitrogen and oxygen atoms in total. The van der Waals surface area contributed by atoms with Crippen LogP contribution in [0.3, 0.4) is 0 Å². The molecule has 0 spiro atoms. The van der Waals surface area contributed by atoms with Gasteiger partial charge in [-0.25, -0.2) is 4.39 Å². The van der Waals surface area contributed by atoms with Crippen LogP contribution in [0.15, 0.2) is 36.4 Å². The number of fused-ring (bicyclic) bond motifs is 1. The minimum Gasteiger partial charge on any atom is -0.505 e. The van der Waals surface area contributed by atoms with E-state index in [0.717, 1.165) is 55.5 Å². The number of hydrogen-bond donors (Lipinski definition) is 2. The number of anilines is 1. The lowest BCUT2D eigenvalue weighted by Gasteiger charge is -2.29. The first-order chi connectivity index (χ1) is 14.5. The third kappa shape index (κ3) is 5.58. The summed E-state index contributed by atoms with van der Waals surface area (Å²) < 4.78 is 13.8. The number of benzene rings is 2. The first-order valence-corrected chi connectivity index (χ1v) is 10.7. The molecule has 0 aliphatic carbocycles. The Morgan fingerprint density at radius 2 is 1.80 bits per heavy atom. The molecule has 1 aliphatic heterocycles. The van der Waals surface area contributed by atoms with Gasteiger partial charge in [-0.1, -0.05) is 43.5 Å². The molecule has 6 heteroatoms. The van der Waals surface area contributed by atoms with Crippen LogP contribution >= 0.6 is 0 Å². The molecule has 30 heavy (non-hydrogen) atoms. The number of nitrogens with zero attached hydrogens (tertiary/aromatic N) is 2. The molecule has 0 aromatic heterocycles. The second-order valence-corrected chi connectivity index (χ2v) is 8.02. The molecule has 0 saturated carbocycles. The average Bonchev–Trinajstić information content (AvgIpc) is 2.72. The van der Waals surface area contributed by atoms with E-state index in [1.165, 1.54) is 6.07 Å². The van der Waals surface area contributed by atoms with Crippen LogP contribution in [0.5, 0.6) is 5.75 Å². The van der Waals surface area contributed by atoms with Crippen LogP contribution in [0.2, 0.25) is 0 Å². The van der Waals surface area contributed by atoms with Gasteiger partial charge in [0.25, 0.3) is 0 Å². The Kier molecular flexibility index (Phi) is 7.82. The molecule has 0 fully saturated rings. The van der Waals surface area contributed by atoms with Crippen molar-refractivity contribution >= 4 is 11.6 Å². The molecule has 1 heterocycles. The van der Waals surface area contributed by atoms with Crippen LogP contribution in [0.25, 0.3) is 0 Å². The SMILES string of the molecule is CC(=O)N1CCCCCCCN(Cc2cccc(F)c2O)Cc2ccc(CO)cc21. The van der Waals surface area contributed by atoms with Crippen LogP contribution in [0.1, 0.15) is 55.7 Å². The van der Waals surface area contributed by atoms with Gasteiger partial charge in [-0.15, -0.1) is 0 Å². The highest BCUT2D eigenvalue weighted by Gasteiger charge is 2.19. The number of phenolic OH excluding ortho intramolecular Hbond substituents is 1. The highest BCUT2D eigenvalue weighted by Crippen LogP contribution is 2.28. The smallest absolute Gasteiger partial charge is 0.223 e. The fraction of sp³-hybridized carbons (Fsp3) is 0.458. The van der Waals surface area contributed by atoms with E-state index in [0.29, 0.717) is 25.2 Å². The minimum absolute atomic E-state index is 0.0160. The fourth-order valence-electron chi connectivity index (χ4n) is 4.06. The van der Waals surface area contributed by atoms with E-state index in [1.54, 1.807) is 24.0 Å². The quantitative estimate of drug-likeness (QED) is 0.784. The Bertz CT molecular complexity index is 872. The molecule has 1 aliphatic rings. The summed E-state index contributed by atoms with van der Waals surface area (Å²) in [5.74, 6) is -0.930. The van der Waals surface area contributed by atoms with Crippen LogP contribution in [-0.2, 0) is 24.5 Å². The number of aliphatic hydroxyl groups excluding tert-OH is 1. The van der Waals surface area contributed by atoms with E-state index in [2.05, 4.69) is 4.90 Å². The normalized spacial score (nSPS) is 16.4. The molecule has 0 unspecified atom stereocenters. The molecular weight excluding hydrogens is 383 g/mol. The number of amides is 1. The molecule has 0 radical (unpaired) electrons. The zero-order valence-electron chi connectivity index (χ0n) is 17.6. The lowest BCUT2D eigenvalue weighted by atomic mass is 10.0. The second-order valence-electron chi connectivity index (χ2n) is 8.02. The zero-order chi connectivity index (χ0) is 21.5. The van der Waals surface area contributed by atoms with E-state index >= 15 is 0 Å². The van der Waals surface area contributed by atoms with E-state index in [4.69, 9.17) is 0 Å². The first kappa shape index (κ1) is 22.2. The van der Waals surface area contributed by atoms with Gasteiger partial charge in [-0.05, 0) is 42.6 Å². The Morgan fingerprint density at radius 3 is 2.53 bits per heavy atom. The van der Waals surface area contributed by atoms with Gasteiger partial charge in [-0.3, -0.25) is 9.69 Å². The van der Waals surface area contributed by atoms with Crippen molar-refractivity contribution in [3.8, 4) is 5.75 Å². The number of carbonyl (C=O) groups is 1. The van der Waals surface area contributed by atoms with Crippen LogP contribution < -0.4 is 4.90 Å². The van der Waals surface area contributed by atoms with Crippen molar-refractivity contribution in [1.29, 1.82) is 0 Å². The molecule has 2 aromatic rings. The predicted octanol–water partition coefficient (Wildman–Crippen LogP) is 4.34. The minimum atomic E-state index is -0.613. The van der Waals surface area contributed by atoms with Crippen molar-refractivity contribution in [2.75, 3.05) is 18.0 Å². The number of rotatable bonds is 3. The van der Waals surface area contributed by atoms with Crippen molar-refractivity contribution in [3.05, 3.63) is 58.9 Å². The summed E-state index contributed by atoms with van der Waals surface area (Å²) in [4.78, 5) is 16.4. The largest absolute Gasteiger partial charge is 0.505 e. The number of carbonyl (C=O) groups excluding carboxylic acids is 1. The molecule has 3 rings (SSSR count). The predicted molar refractivity (Wildman–Crippen MR) is 116 cm³/mol. The Hall–Kier alpha value is -2.44. The summed E-state index contributed by atoms with van der Waals surface area (Å²) in [5, 5.41) is 19.7. The maximum atomic E-state index is 13.8. The van der Waals surface area contributed by atoms with Gasteiger partial charge < -0.3 is 15.1 Å². The monoisotopic (exact) mass is 414 g/mol. The van der Waals surface area contributed by atoms with Crippen LogP contribution in [0, 0.1) is 5.82 Å². The maximum Gasteiger partial charge on any atom is 0.223 e. The summed E-state index contributed by atoms with van der Waals surface area (Å²) in [7, 11) is 0. The summed E-state index contributed by atoms with van der Waals surface area (Å²) in [6, 6.07) is 10.3. The molecule has 2 N–H and O–H groups in total. The second kappa shape index (κ2) is 10.5. The van der Waals surface area contributed by atoms with Gasteiger partial charge in [0.15, 0.2) is 11.6 Å². The van der Waals surface area contributed by atoms with Gasteiger partial charge in [0.05, 0.1) is 6.61 Å². The van der Waals surface area contributed by atoms with Crippen molar-refractivity contribution in [2.45, 2.75) is 58.7 Å². The number of aliphatic hydroxyl groups is 1. The van der Waals surface area contributed by atoms with Crippen LogP contribution in [0.4, 0.5) is 10.1 Å². The van der Waals surface area contributed by atoms with Gasteiger partial charge in [0, 0.05) is 37.8 Å². The van der Waals surface area contributed by atoms with Crippen molar-refractivity contribution in [3.63, 3.8) is 0 Å². The summed E-state index contributed by atoms with van der Waals surface area (Å²) in [6.45, 7) is 3.95. The van der Waals surface area contributed by atoms with Gasteiger partial charge >= 0.3 is 0 Å². The number of phenols is 1. The average molecular weight is 415 g/mol. The first-order valence-electron chi connectivity index (χ1n) is 10.7. The van der Waals surface area contributed by atoms with Crippen molar-refractivity contribution < 1.29 is 19.4 Å². The summed E-state index contributed by atoms with van der Waals surface area (Å²) in [6.07, 6.45) is 5.24. The molecule has 0 atom stereocenters. The summed E-state index contributed by atoms with van der Waals surface area (Å²) in [5.41, 5.74) is 3.13. The van der Waals surface area contributed by atoms with E-state index < -0.39 is 5.82 Å². The lowest BCUT2D eigenvalue weighted by Crippen LogP contribution is -2.32. The highest BCUT2D eigenvalue weighted by atomic mass is 19.1. The number of para-hydroxylation sites is 1. The van der Waals surface area contributed by atoms with E-state index in [9.17, 15) is 19.4 Å². The highest BCUT2D eigenvalue weighted by molar-refractivity contribution is 5.92. The van der Waals surface area contributed by atoms with E-state index in [1.807, 2.05) is 18.2 Å². The van der Waals surface area contributed by atoms with Crippen molar-refractivity contribution in [2.24, 2.45) is 0 Å². The zero-order valence-corrected chi connectivity index (χ0v) is 17.6. The van der Waals surface area contributed by atoms with Gasteiger partial charge in [0.1, 0.15) is 0 Å². The van der Waals surface area contributed by atoms with Gasteiger partial charge in [-0.2, -0.15) is 0 Å². The number of hydrogen-bond acceptors (Lipinski definition) is 4. The Morgan fingerprint density at radius 1 is 1.07 bits per heavy atom. The van der Waals surface area contributed by atoms with Gasteiger partial charge in [0.2, 0.25) is 5.91 Å². The number of halogens is 1.